The van der Waals surface area contributed by atoms with E-state index in [2.05, 4.69) is 15.4 Å². The monoisotopic (exact) mass is 366 g/mol. The Morgan fingerprint density at radius 2 is 2.12 bits per heavy atom. The summed E-state index contributed by atoms with van der Waals surface area (Å²) in [6.45, 7) is 5.67. The molecule has 0 aromatic carbocycles. The number of nitrogens with one attached hydrogen (secondary N) is 2. The third kappa shape index (κ3) is 3.60. The van der Waals surface area contributed by atoms with E-state index in [9.17, 15) is 18.0 Å². The van der Waals surface area contributed by atoms with E-state index < -0.39 is 21.8 Å². The van der Waals surface area contributed by atoms with Gasteiger partial charge in [-0.15, -0.1) is 0 Å². The molecule has 1 fully saturated rings. The Labute approximate surface area is 145 Å². The van der Waals surface area contributed by atoms with Crippen LogP contribution in [-0.4, -0.2) is 40.4 Å². The number of aromatic amines is 1. The number of aromatic nitrogens is 3. The van der Waals surface area contributed by atoms with Crippen LogP contribution in [0.25, 0.3) is 5.65 Å². The number of carbonyl (C=O) groups excluding carboxylic acids is 1. The second-order valence-corrected chi connectivity index (χ2v) is 9.21. The fraction of sp³-hybridized carbons (Fsp3) is 0.562. The lowest BCUT2D eigenvalue weighted by Crippen LogP contribution is -2.37. The first-order valence-corrected chi connectivity index (χ1v) is 10.1. The van der Waals surface area contributed by atoms with Gasteiger partial charge in [0.05, 0.1) is 29.2 Å². The third-order valence-electron chi connectivity index (χ3n) is 4.48. The molecule has 136 valence electrons. The number of aryl methyl sites for hydroxylation is 1. The standard InChI is InChI=1S/C16H22N4O4S/c1-9(2)15(18-16(22)11-4-5-25(23,24)8-11)12-7-14(21)20-13(17-12)6-10(3)19-20/h6-7,9,11,15,19H,4-5,8H2,1-3H3,(H,18,22). The molecular weight excluding hydrogens is 344 g/mol. The average molecular weight is 366 g/mol. The van der Waals surface area contributed by atoms with Gasteiger partial charge in [-0.05, 0) is 19.3 Å². The summed E-state index contributed by atoms with van der Waals surface area (Å²) in [4.78, 5) is 29.2. The summed E-state index contributed by atoms with van der Waals surface area (Å²) >= 11 is 0. The van der Waals surface area contributed by atoms with Crippen LogP contribution in [0, 0.1) is 18.8 Å². The smallest absolute Gasteiger partial charge is 0.272 e. The molecule has 1 aliphatic heterocycles. The summed E-state index contributed by atoms with van der Waals surface area (Å²) in [5.41, 5.74) is 1.52. The highest BCUT2D eigenvalue weighted by atomic mass is 32.2. The van der Waals surface area contributed by atoms with Crippen molar-refractivity contribution in [1.82, 2.24) is 19.9 Å². The summed E-state index contributed by atoms with van der Waals surface area (Å²) in [6.07, 6.45) is 0.338. The molecule has 3 rings (SSSR count). The van der Waals surface area contributed by atoms with Crippen molar-refractivity contribution in [3.05, 3.63) is 33.9 Å². The van der Waals surface area contributed by atoms with Crippen LogP contribution in [0.15, 0.2) is 16.9 Å². The molecule has 0 bridgehead atoms. The maximum absolute atomic E-state index is 12.5. The number of nitrogens with zero attached hydrogens (tertiary/aromatic N) is 2. The molecular formula is C16H22N4O4S. The molecule has 2 aromatic rings. The summed E-state index contributed by atoms with van der Waals surface area (Å²) in [6, 6.07) is 2.70. The van der Waals surface area contributed by atoms with Crippen LogP contribution in [0.3, 0.4) is 0 Å². The van der Waals surface area contributed by atoms with E-state index in [1.807, 2.05) is 20.8 Å². The Balaban J connectivity index is 1.89. The maximum Gasteiger partial charge on any atom is 0.272 e. The molecule has 2 aromatic heterocycles. The molecule has 3 heterocycles. The fourth-order valence-electron chi connectivity index (χ4n) is 3.14. The third-order valence-corrected chi connectivity index (χ3v) is 6.25. The zero-order valence-corrected chi connectivity index (χ0v) is 15.3. The van der Waals surface area contributed by atoms with Crippen molar-refractivity contribution in [3.63, 3.8) is 0 Å². The normalized spacial score (nSPS) is 20.9. The molecule has 9 heteroatoms. The highest BCUT2D eigenvalue weighted by Crippen LogP contribution is 2.23. The number of hydrogen-bond donors (Lipinski definition) is 2. The minimum atomic E-state index is -3.13. The van der Waals surface area contributed by atoms with E-state index in [0.717, 1.165) is 5.69 Å². The van der Waals surface area contributed by atoms with Gasteiger partial charge < -0.3 is 5.32 Å². The highest BCUT2D eigenvalue weighted by molar-refractivity contribution is 7.91. The molecule has 2 N–H and O–H groups in total. The van der Waals surface area contributed by atoms with E-state index in [1.54, 1.807) is 6.07 Å². The lowest BCUT2D eigenvalue weighted by atomic mass is 9.99. The largest absolute Gasteiger partial charge is 0.347 e. The summed E-state index contributed by atoms with van der Waals surface area (Å²) in [5, 5.41) is 5.79. The molecule has 2 unspecified atom stereocenters. The van der Waals surface area contributed by atoms with Gasteiger partial charge in [-0.3, -0.25) is 14.7 Å². The van der Waals surface area contributed by atoms with Crippen molar-refractivity contribution in [1.29, 1.82) is 0 Å². The Morgan fingerprint density at radius 3 is 2.72 bits per heavy atom. The van der Waals surface area contributed by atoms with Crippen LogP contribution in [0.1, 0.15) is 37.7 Å². The van der Waals surface area contributed by atoms with E-state index in [1.165, 1.54) is 10.6 Å². The molecule has 2 atom stereocenters. The van der Waals surface area contributed by atoms with Gasteiger partial charge in [0.2, 0.25) is 5.91 Å². The lowest BCUT2D eigenvalue weighted by Gasteiger charge is -2.23. The Kier molecular flexibility index (Phi) is 4.44. The highest BCUT2D eigenvalue weighted by Gasteiger charge is 2.34. The fourth-order valence-corrected chi connectivity index (χ4v) is 4.89. The summed E-state index contributed by atoms with van der Waals surface area (Å²) in [7, 11) is -3.13. The number of carbonyl (C=O) groups is 1. The molecule has 8 nitrogen and oxygen atoms in total. The van der Waals surface area contributed by atoms with Crippen LogP contribution in [0.5, 0.6) is 0 Å². The van der Waals surface area contributed by atoms with Crippen LogP contribution in [-0.2, 0) is 14.6 Å². The minimum absolute atomic E-state index is 0.00338. The summed E-state index contributed by atoms with van der Waals surface area (Å²) in [5.74, 6) is -0.907. The molecule has 1 aliphatic rings. The van der Waals surface area contributed by atoms with Crippen molar-refractivity contribution in [2.75, 3.05) is 11.5 Å². The van der Waals surface area contributed by atoms with Gasteiger partial charge in [0.25, 0.3) is 5.56 Å². The van der Waals surface area contributed by atoms with E-state index in [4.69, 9.17) is 0 Å². The van der Waals surface area contributed by atoms with E-state index in [-0.39, 0.29) is 28.9 Å². The quantitative estimate of drug-likeness (QED) is 0.822. The van der Waals surface area contributed by atoms with Crippen LogP contribution >= 0.6 is 0 Å². The van der Waals surface area contributed by atoms with Gasteiger partial charge in [-0.25, -0.2) is 17.9 Å². The molecule has 0 aliphatic carbocycles. The number of rotatable bonds is 4. The molecule has 0 spiro atoms. The number of hydrogen-bond acceptors (Lipinski definition) is 5. The van der Waals surface area contributed by atoms with Crippen LogP contribution in [0.4, 0.5) is 0 Å². The maximum atomic E-state index is 12.5. The van der Waals surface area contributed by atoms with E-state index in [0.29, 0.717) is 17.8 Å². The zero-order chi connectivity index (χ0) is 18.4. The molecule has 1 saturated heterocycles. The van der Waals surface area contributed by atoms with Crippen LogP contribution in [0.2, 0.25) is 0 Å². The minimum Gasteiger partial charge on any atom is -0.347 e. The molecule has 25 heavy (non-hydrogen) atoms. The first-order chi connectivity index (χ1) is 11.7. The zero-order valence-electron chi connectivity index (χ0n) is 14.4. The Hall–Kier alpha value is -2.16. The van der Waals surface area contributed by atoms with Crippen molar-refractivity contribution in [2.24, 2.45) is 11.8 Å². The molecule has 0 saturated carbocycles. The predicted octanol–water partition coefficient (Wildman–Crippen LogP) is 0.579. The number of H-pyrrole nitrogens is 1. The number of sulfone groups is 1. The number of amides is 1. The Morgan fingerprint density at radius 1 is 1.40 bits per heavy atom. The van der Waals surface area contributed by atoms with Crippen molar-refractivity contribution < 1.29 is 13.2 Å². The topological polar surface area (TPSA) is 113 Å². The molecule has 0 radical (unpaired) electrons. The molecule has 1 amide bonds. The number of fused-ring (bicyclic) bond motifs is 1. The van der Waals surface area contributed by atoms with Gasteiger partial charge in [-0.1, -0.05) is 13.8 Å². The lowest BCUT2D eigenvalue weighted by molar-refractivity contribution is -0.125. The van der Waals surface area contributed by atoms with Gasteiger partial charge in [0, 0.05) is 17.8 Å². The average Bonchev–Trinajstić information content (AvgIpc) is 3.06. The first-order valence-electron chi connectivity index (χ1n) is 8.26. The van der Waals surface area contributed by atoms with E-state index >= 15 is 0 Å². The van der Waals surface area contributed by atoms with Crippen LogP contribution < -0.4 is 10.9 Å². The SMILES string of the molecule is Cc1cc2nc(C(NC(=O)C3CCS(=O)(=O)C3)C(C)C)cc(=O)n2[nH]1. The van der Waals surface area contributed by atoms with Crippen molar-refractivity contribution >= 4 is 21.4 Å². The Bertz CT molecular complexity index is 974. The van der Waals surface area contributed by atoms with Gasteiger partial charge in [0.15, 0.2) is 15.5 Å². The van der Waals surface area contributed by atoms with Crippen molar-refractivity contribution in [2.45, 2.75) is 33.2 Å². The predicted molar refractivity (Wildman–Crippen MR) is 93.0 cm³/mol. The van der Waals surface area contributed by atoms with Crippen molar-refractivity contribution in [3.8, 4) is 0 Å². The van der Waals surface area contributed by atoms with Gasteiger partial charge >= 0.3 is 0 Å². The first kappa shape index (κ1) is 17.7. The van der Waals surface area contributed by atoms with Gasteiger partial charge in [0.1, 0.15) is 0 Å². The second-order valence-electron chi connectivity index (χ2n) is 6.98. The second kappa shape index (κ2) is 6.29. The van der Waals surface area contributed by atoms with Gasteiger partial charge in [-0.2, -0.15) is 0 Å². The summed E-state index contributed by atoms with van der Waals surface area (Å²) < 4.78 is 24.5.